The van der Waals surface area contributed by atoms with Crippen LogP contribution in [0.4, 0.5) is 0 Å². The van der Waals surface area contributed by atoms with Gasteiger partial charge in [0.15, 0.2) is 0 Å². The lowest BCUT2D eigenvalue weighted by Crippen LogP contribution is -2.11. The van der Waals surface area contributed by atoms with Crippen molar-refractivity contribution >= 4 is 55.8 Å². The molecule has 1 heterocycles. The van der Waals surface area contributed by atoms with E-state index in [4.69, 9.17) is 21.4 Å². The molecule has 1 atom stereocenters. The first-order chi connectivity index (χ1) is 9.58. The van der Waals surface area contributed by atoms with Gasteiger partial charge < -0.3 is 14.1 Å². The third-order valence-electron chi connectivity index (χ3n) is 2.47. The maximum atomic E-state index is 6.01. The van der Waals surface area contributed by atoms with E-state index in [1.54, 1.807) is 18.0 Å². The molecular weight excluding hydrogens is 426 g/mol. The Labute approximate surface area is 143 Å². The van der Waals surface area contributed by atoms with Crippen LogP contribution in [0.5, 0.6) is 5.75 Å². The second-order valence-electron chi connectivity index (χ2n) is 3.99. The van der Waals surface area contributed by atoms with Gasteiger partial charge in [-0.1, -0.05) is 22.9 Å². The molecule has 3 nitrogen and oxygen atoms in total. The number of rotatable bonds is 6. The minimum atomic E-state index is 0.0549. The van der Waals surface area contributed by atoms with Gasteiger partial charge >= 0.3 is 0 Å². The van der Waals surface area contributed by atoms with E-state index < -0.39 is 0 Å². The number of H-pyrrole nitrogens is 1. The second kappa shape index (κ2) is 7.68. The molecule has 0 saturated heterocycles. The molecule has 0 fully saturated rings. The maximum Gasteiger partial charge on any atom is 0.266 e. The van der Waals surface area contributed by atoms with Crippen LogP contribution in [0.2, 0.25) is 0 Å². The lowest BCUT2D eigenvalue weighted by Gasteiger charge is -2.17. The number of oxazole rings is 1. The van der Waals surface area contributed by atoms with Crippen molar-refractivity contribution in [3.63, 3.8) is 0 Å². The number of thioether (sulfide) groups is 1. The van der Waals surface area contributed by atoms with Crippen LogP contribution in [0.25, 0.3) is 0 Å². The molecule has 108 valence electrons. The van der Waals surface area contributed by atoms with Crippen LogP contribution in [-0.2, 0) is 5.75 Å². The highest BCUT2D eigenvalue weighted by Gasteiger charge is 2.12. The fourth-order valence-electron chi connectivity index (χ4n) is 1.51. The molecule has 0 aliphatic rings. The molecule has 1 unspecified atom stereocenters. The summed E-state index contributed by atoms with van der Waals surface area (Å²) in [7, 11) is 0. The fourth-order valence-corrected chi connectivity index (χ4v) is 3.25. The van der Waals surface area contributed by atoms with Crippen molar-refractivity contribution in [3.8, 4) is 5.75 Å². The topological polar surface area (TPSA) is 38.2 Å². The van der Waals surface area contributed by atoms with Crippen LogP contribution >= 0.6 is 55.8 Å². The molecule has 0 aliphatic carbocycles. The first kappa shape index (κ1) is 16.1. The number of aromatic nitrogens is 1. The normalized spacial score (nSPS) is 12.3. The monoisotopic (exact) mass is 437 g/mol. The van der Waals surface area contributed by atoms with Crippen LogP contribution in [0, 0.1) is 4.84 Å². The van der Waals surface area contributed by atoms with Crippen molar-refractivity contribution in [1.82, 2.24) is 4.98 Å². The van der Waals surface area contributed by atoms with Crippen LogP contribution in [0.3, 0.4) is 0 Å². The number of nitrogens with one attached hydrogen (secondary N) is 1. The lowest BCUT2D eigenvalue weighted by molar-refractivity contribution is 0.281. The lowest BCUT2D eigenvalue weighted by atomic mass is 10.3. The summed E-state index contributed by atoms with van der Waals surface area (Å²) in [6, 6.07) is 5.88. The fraction of sp³-hybridized carbons (Fsp3) is 0.308. The summed E-state index contributed by atoms with van der Waals surface area (Å²) in [5.41, 5.74) is 0.0549. The number of benzene rings is 1. The van der Waals surface area contributed by atoms with Gasteiger partial charge in [-0.25, -0.2) is 0 Å². The van der Waals surface area contributed by atoms with Crippen molar-refractivity contribution in [2.45, 2.75) is 24.5 Å². The summed E-state index contributed by atoms with van der Waals surface area (Å²) in [5, 5.41) is 0. The predicted molar refractivity (Wildman–Crippen MR) is 91.7 cm³/mol. The highest BCUT2D eigenvalue weighted by molar-refractivity contribution is 9.11. The Morgan fingerprint density at radius 2 is 2.25 bits per heavy atom. The molecule has 0 saturated carbocycles. The first-order valence-corrected chi connectivity index (χ1v) is 9.03. The molecular formula is C13H13Br2NO2S2. The summed E-state index contributed by atoms with van der Waals surface area (Å²) >= 11 is 13.5. The summed E-state index contributed by atoms with van der Waals surface area (Å²) in [6.07, 6.45) is 2.69. The maximum absolute atomic E-state index is 6.01. The Hall–Kier alpha value is -0.240. The van der Waals surface area contributed by atoms with Gasteiger partial charge in [0.25, 0.3) is 4.84 Å². The number of halogens is 2. The van der Waals surface area contributed by atoms with Gasteiger partial charge in [0.1, 0.15) is 16.9 Å². The van der Waals surface area contributed by atoms with Crippen LogP contribution < -0.4 is 4.74 Å². The molecule has 0 bridgehead atoms. The Morgan fingerprint density at radius 3 is 2.90 bits per heavy atom. The molecule has 7 heteroatoms. The summed E-state index contributed by atoms with van der Waals surface area (Å²) in [6.45, 7) is 2.09. The Balaban J connectivity index is 1.98. The van der Waals surface area contributed by atoms with E-state index in [-0.39, 0.29) is 5.44 Å². The Morgan fingerprint density at radius 1 is 1.45 bits per heavy atom. The zero-order valence-electron chi connectivity index (χ0n) is 10.7. The van der Waals surface area contributed by atoms with Gasteiger partial charge in [-0.15, -0.1) is 11.8 Å². The third-order valence-corrected chi connectivity index (χ3v) is 5.07. The zero-order chi connectivity index (χ0) is 14.5. The SMILES string of the molecule is CCC(Oc1cc(Br)ccc1Br)SCc1c[nH]c(=S)o1. The Bertz CT molecular complexity index is 627. The van der Waals surface area contributed by atoms with Crippen molar-refractivity contribution in [2.75, 3.05) is 0 Å². The highest BCUT2D eigenvalue weighted by atomic mass is 79.9. The molecule has 0 spiro atoms. The van der Waals surface area contributed by atoms with E-state index in [1.807, 2.05) is 18.2 Å². The third kappa shape index (κ3) is 4.65. The van der Waals surface area contributed by atoms with E-state index in [0.29, 0.717) is 4.84 Å². The quantitative estimate of drug-likeness (QED) is 0.449. The van der Waals surface area contributed by atoms with E-state index in [0.717, 1.165) is 32.6 Å². The van der Waals surface area contributed by atoms with Crippen LogP contribution in [0.1, 0.15) is 19.1 Å². The average Bonchev–Trinajstić information content (AvgIpc) is 2.84. The number of ether oxygens (including phenoxy) is 1. The molecule has 1 aromatic heterocycles. The number of hydrogen-bond acceptors (Lipinski definition) is 4. The van der Waals surface area contributed by atoms with Crippen LogP contribution in [-0.4, -0.2) is 10.4 Å². The van der Waals surface area contributed by atoms with Crippen molar-refractivity contribution < 1.29 is 9.15 Å². The first-order valence-electron chi connectivity index (χ1n) is 5.99. The molecule has 20 heavy (non-hydrogen) atoms. The zero-order valence-corrected chi connectivity index (χ0v) is 15.5. The predicted octanol–water partition coefficient (Wildman–Crippen LogP) is 5.91. The van der Waals surface area contributed by atoms with Crippen molar-refractivity contribution in [1.29, 1.82) is 0 Å². The number of aromatic amines is 1. The van der Waals surface area contributed by atoms with Gasteiger partial charge in [-0.3, -0.25) is 0 Å². The van der Waals surface area contributed by atoms with Crippen molar-refractivity contribution in [3.05, 3.63) is 43.9 Å². The summed E-state index contributed by atoms with van der Waals surface area (Å²) in [5.74, 6) is 2.38. The molecule has 2 aromatic rings. The minimum absolute atomic E-state index is 0.0549. The van der Waals surface area contributed by atoms with Gasteiger partial charge in [0.05, 0.1) is 10.2 Å². The average molecular weight is 439 g/mol. The molecule has 2 rings (SSSR count). The largest absolute Gasteiger partial charge is 0.479 e. The van der Waals surface area contributed by atoms with E-state index >= 15 is 0 Å². The van der Waals surface area contributed by atoms with Crippen LogP contribution in [0.15, 0.2) is 37.8 Å². The number of hydrogen-bond donors (Lipinski definition) is 1. The van der Waals surface area contributed by atoms with Gasteiger partial charge in [0.2, 0.25) is 0 Å². The highest BCUT2D eigenvalue weighted by Crippen LogP contribution is 2.32. The Kier molecular flexibility index (Phi) is 6.20. The van der Waals surface area contributed by atoms with E-state index in [9.17, 15) is 0 Å². The van der Waals surface area contributed by atoms with Gasteiger partial charge in [-0.2, -0.15) is 0 Å². The van der Waals surface area contributed by atoms with Gasteiger partial charge in [-0.05, 0) is 52.8 Å². The van der Waals surface area contributed by atoms with Crippen molar-refractivity contribution in [2.24, 2.45) is 0 Å². The standard InChI is InChI=1S/C13H13Br2NO2S2/c1-2-12(20-7-9-6-16-13(19)17-9)18-11-5-8(14)3-4-10(11)15/h3-6,12H,2,7H2,1H3,(H,16,19). The summed E-state index contributed by atoms with van der Waals surface area (Å²) < 4.78 is 13.3. The molecule has 1 N–H and O–H groups in total. The smallest absolute Gasteiger partial charge is 0.266 e. The molecule has 0 amide bonds. The second-order valence-corrected chi connectivity index (χ2v) is 7.27. The van der Waals surface area contributed by atoms with E-state index in [2.05, 4.69) is 43.8 Å². The minimum Gasteiger partial charge on any atom is -0.479 e. The molecule has 1 aromatic carbocycles. The van der Waals surface area contributed by atoms with Gasteiger partial charge in [0, 0.05) is 10.7 Å². The molecule has 0 aliphatic heterocycles. The van der Waals surface area contributed by atoms with E-state index in [1.165, 1.54) is 0 Å². The summed E-state index contributed by atoms with van der Waals surface area (Å²) in [4.78, 5) is 3.26. The molecule has 0 radical (unpaired) electrons.